The Balaban J connectivity index is 1.87. The molecule has 0 radical (unpaired) electrons. The van der Waals surface area contributed by atoms with Crippen LogP contribution < -0.4 is 0 Å². The Hall–Kier alpha value is -2.59. The Morgan fingerprint density at radius 3 is 2.67 bits per heavy atom. The third-order valence-corrected chi connectivity index (χ3v) is 5.29. The van der Waals surface area contributed by atoms with Crippen molar-refractivity contribution in [3.63, 3.8) is 0 Å². The Kier molecular flexibility index (Phi) is 5.97. The van der Waals surface area contributed by atoms with Crippen LogP contribution in [0.5, 0.6) is 5.75 Å². The summed E-state index contributed by atoms with van der Waals surface area (Å²) in [7, 11) is 4.20. The maximum absolute atomic E-state index is 11.2. The first kappa shape index (κ1) is 19.2. The zero-order valence-corrected chi connectivity index (χ0v) is 15.9. The molecule has 142 valence electrons. The first-order chi connectivity index (χ1) is 12.9. The van der Waals surface area contributed by atoms with Gasteiger partial charge in [0.2, 0.25) is 0 Å². The van der Waals surface area contributed by atoms with Crippen LogP contribution in [0.25, 0.3) is 6.08 Å². The molecule has 2 aromatic carbocycles. The van der Waals surface area contributed by atoms with Crippen molar-refractivity contribution in [2.45, 2.75) is 25.2 Å². The monoisotopic (exact) mass is 365 g/mol. The van der Waals surface area contributed by atoms with Crippen LogP contribution in [-0.4, -0.2) is 41.7 Å². The second-order valence-electron chi connectivity index (χ2n) is 7.70. The second-order valence-corrected chi connectivity index (χ2v) is 7.70. The number of carbonyl (C=O) groups is 1. The van der Waals surface area contributed by atoms with Crippen LogP contribution in [0, 0.1) is 5.92 Å². The molecule has 0 saturated heterocycles. The molecule has 0 bridgehead atoms. The van der Waals surface area contributed by atoms with Crippen molar-refractivity contribution in [1.29, 1.82) is 0 Å². The minimum absolute atomic E-state index is 0.307. The average Bonchev–Trinajstić information content (AvgIpc) is 2.63. The summed E-state index contributed by atoms with van der Waals surface area (Å²) in [5, 5.41) is 19.1. The highest BCUT2D eigenvalue weighted by atomic mass is 16.4. The lowest BCUT2D eigenvalue weighted by Gasteiger charge is -2.35. The molecule has 4 heteroatoms. The SMILES string of the molecule is CN(C)CC1CCC(=Cc2cccc(C(=O)O)c2)CC1c1cccc(O)c1. The number of benzene rings is 2. The number of hydrogen-bond donors (Lipinski definition) is 2. The van der Waals surface area contributed by atoms with Crippen molar-refractivity contribution in [2.24, 2.45) is 5.92 Å². The van der Waals surface area contributed by atoms with Crippen LogP contribution in [0.2, 0.25) is 0 Å². The van der Waals surface area contributed by atoms with Crippen LogP contribution in [0.15, 0.2) is 54.1 Å². The van der Waals surface area contributed by atoms with Gasteiger partial charge in [-0.2, -0.15) is 0 Å². The lowest BCUT2D eigenvalue weighted by atomic mass is 9.73. The second kappa shape index (κ2) is 8.40. The van der Waals surface area contributed by atoms with Crippen LogP contribution in [0.3, 0.4) is 0 Å². The zero-order valence-electron chi connectivity index (χ0n) is 15.9. The van der Waals surface area contributed by atoms with Gasteiger partial charge in [-0.1, -0.05) is 35.9 Å². The number of allylic oxidation sites excluding steroid dienone is 1. The smallest absolute Gasteiger partial charge is 0.335 e. The number of rotatable bonds is 5. The van der Waals surface area contributed by atoms with Gasteiger partial charge in [0.25, 0.3) is 0 Å². The number of aromatic hydroxyl groups is 1. The van der Waals surface area contributed by atoms with Gasteiger partial charge < -0.3 is 15.1 Å². The van der Waals surface area contributed by atoms with Gasteiger partial charge in [0, 0.05) is 6.54 Å². The summed E-state index contributed by atoms with van der Waals surface area (Å²) in [6, 6.07) is 14.7. The summed E-state index contributed by atoms with van der Waals surface area (Å²) < 4.78 is 0. The van der Waals surface area contributed by atoms with Gasteiger partial charge in [-0.05, 0) is 80.6 Å². The molecule has 1 saturated carbocycles. The van der Waals surface area contributed by atoms with Crippen molar-refractivity contribution in [3.05, 3.63) is 70.8 Å². The van der Waals surface area contributed by atoms with Gasteiger partial charge in [-0.25, -0.2) is 4.79 Å². The first-order valence-corrected chi connectivity index (χ1v) is 9.39. The van der Waals surface area contributed by atoms with E-state index in [1.54, 1.807) is 24.3 Å². The quantitative estimate of drug-likeness (QED) is 0.812. The van der Waals surface area contributed by atoms with Crippen LogP contribution >= 0.6 is 0 Å². The molecule has 1 aliphatic carbocycles. The fraction of sp³-hybridized carbons (Fsp3) is 0.348. The molecule has 0 spiro atoms. The Morgan fingerprint density at radius 1 is 1.19 bits per heavy atom. The zero-order chi connectivity index (χ0) is 19.4. The summed E-state index contributed by atoms with van der Waals surface area (Å²) in [6.45, 7) is 1.02. The summed E-state index contributed by atoms with van der Waals surface area (Å²) >= 11 is 0. The summed E-state index contributed by atoms with van der Waals surface area (Å²) in [5.41, 5.74) is 3.76. The number of carboxylic acids is 1. The van der Waals surface area contributed by atoms with Crippen molar-refractivity contribution in [1.82, 2.24) is 4.90 Å². The van der Waals surface area contributed by atoms with Crippen LogP contribution in [0.1, 0.15) is 46.7 Å². The molecular weight excluding hydrogens is 338 g/mol. The minimum atomic E-state index is -0.900. The van der Waals surface area contributed by atoms with Gasteiger partial charge >= 0.3 is 5.97 Å². The molecule has 0 heterocycles. The molecule has 2 atom stereocenters. The number of carboxylic acid groups (broad SMARTS) is 1. The summed E-state index contributed by atoms with van der Waals surface area (Å²) in [5.74, 6) is 0.287. The van der Waals surface area contributed by atoms with Gasteiger partial charge in [-0.3, -0.25) is 0 Å². The average molecular weight is 365 g/mol. The molecule has 3 rings (SSSR count). The molecule has 2 aromatic rings. The van der Waals surface area contributed by atoms with E-state index < -0.39 is 5.97 Å². The maximum Gasteiger partial charge on any atom is 0.335 e. The van der Waals surface area contributed by atoms with Crippen molar-refractivity contribution < 1.29 is 15.0 Å². The van der Waals surface area contributed by atoms with E-state index in [1.807, 2.05) is 18.2 Å². The predicted molar refractivity (Wildman–Crippen MR) is 108 cm³/mol. The molecule has 0 aliphatic heterocycles. The number of phenols is 1. The highest BCUT2D eigenvalue weighted by molar-refractivity contribution is 5.88. The van der Waals surface area contributed by atoms with E-state index in [0.29, 0.717) is 23.1 Å². The summed E-state index contributed by atoms with van der Waals surface area (Å²) in [6.07, 6.45) is 5.17. The number of aromatic carboxylic acids is 1. The standard InChI is InChI=1S/C23H27NO3/c1-24(2)15-20-10-9-17(11-16-5-3-7-19(12-16)23(26)27)13-22(20)18-6-4-8-21(25)14-18/h3-8,11-12,14,20,22,25H,9-10,13,15H2,1-2H3,(H,26,27). The van der Waals surface area contributed by atoms with Crippen molar-refractivity contribution in [2.75, 3.05) is 20.6 Å². The van der Waals surface area contributed by atoms with E-state index in [2.05, 4.69) is 31.1 Å². The highest BCUT2D eigenvalue weighted by Gasteiger charge is 2.29. The maximum atomic E-state index is 11.2. The fourth-order valence-corrected chi connectivity index (χ4v) is 4.08. The lowest BCUT2D eigenvalue weighted by molar-refractivity contribution is 0.0697. The molecule has 4 nitrogen and oxygen atoms in total. The highest BCUT2D eigenvalue weighted by Crippen LogP contribution is 2.42. The molecule has 27 heavy (non-hydrogen) atoms. The van der Waals surface area contributed by atoms with Gasteiger partial charge in [0.15, 0.2) is 0 Å². The van der Waals surface area contributed by atoms with E-state index >= 15 is 0 Å². The molecule has 1 aliphatic rings. The normalized spacial score (nSPS) is 21.5. The number of hydrogen-bond acceptors (Lipinski definition) is 3. The fourth-order valence-electron chi connectivity index (χ4n) is 4.08. The van der Waals surface area contributed by atoms with Crippen LogP contribution in [-0.2, 0) is 0 Å². The first-order valence-electron chi connectivity index (χ1n) is 9.39. The van der Waals surface area contributed by atoms with E-state index in [9.17, 15) is 15.0 Å². The third kappa shape index (κ3) is 4.98. The topological polar surface area (TPSA) is 60.8 Å². The molecule has 2 N–H and O–H groups in total. The molecular formula is C23H27NO3. The summed E-state index contributed by atoms with van der Waals surface area (Å²) in [4.78, 5) is 13.4. The molecule has 0 aromatic heterocycles. The largest absolute Gasteiger partial charge is 0.508 e. The van der Waals surface area contributed by atoms with E-state index in [0.717, 1.165) is 31.4 Å². The Bertz CT molecular complexity index is 841. The molecule has 1 fully saturated rings. The molecule has 0 amide bonds. The number of nitrogens with zero attached hydrogens (tertiary/aromatic N) is 1. The Labute approximate surface area is 160 Å². The van der Waals surface area contributed by atoms with Crippen LogP contribution in [0.4, 0.5) is 0 Å². The minimum Gasteiger partial charge on any atom is -0.508 e. The van der Waals surface area contributed by atoms with Crippen molar-refractivity contribution >= 4 is 12.0 Å². The lowest BCUT2D eigenvalue weighted by Crippen LogP contribution is -2.29. The molecule has 2 unspecified atom stereocenters. The predicted octanol–water partition coefficient (Wildman–Crippen LogP) is 4.62. The van der Waals surface area contributed by atoms with E-state index in [4.69, 9.17) is 0 Å². The van der Waals surface area contributed by atoms with E-state index in [-0.39, 0.29) is 0 Å². The third-order valence-electron chi connectivity index (χ3n) is 5.29. The van der Waals surface area contributed by atoms with E-state index in [1.165, 1.54) is 11.1 Å². The van der Waals surface area contributed by atoms with Gasteiger partial charge in [0.1, 0.15) is 5.75 Å². The Morgan fingerprint density at radius 2 is 1.96 bits per heavy atom. The van der Waals surface area contributed by atoms with Gasteiger partial charge in [0.05, 0.1) is 5.56 Å². The number of phenolic OH excluding ortho intramolecular Hbond substituents is 1. The van der Waals surface area contributed by atoms with Gasteiger partial charge in [-0.15, -0.1) is 0 Å². The van der Waals surface area contributed by atoms with Crippen molar-refractivity contribution in [3.8, 4) is 5.75 Å².